The first-order valence-electron chi connectivity index (χ1n) is 7.48. The van der Waals surface area contributed by atoms with Crippen molar-refractivity contribution in [3.63, 3.8) is 0 Å². The van der Waals surface area contributed by atoms with Crippen LogP contribution in [0, 0.1) is 6.92 Å². The summed E-state index contributed by atoms with van der Waals surface area (Å²) in [6.45, 7) is 4.81. The molecule has 0 saturated carbocycles. The van der Waals surface area contributed by atoms with Crippen molar-refractivity contribution in [2.75, 3.05) is 19.8 Å². The molecule has 0 radical (unpaired) electrons. The van der Waals surface area contributed by atoms with Crippen molar-refractivity contribution in [2.24, 2.45) is 0 Å². The zero-order valence-corrected chi connectivity index (χ0v) is 15.0. The van der Waals surface area contributed by atoms with Gasteiger partial charge in [0, 0.05) is 10.6 Å². The van der Waals surface area contributed by atoms with E-state index in [2.05, 4.69) is 0 Å². The van der Waals surface area contributed by atoms with Gasteiger partial charge in [0.1, 0.15) is 25.2 Å². The van der Waals surface area contributed by atoms with Crippen LogP contribution < -0.4 is 14.2 Å². The molecule has 0 aliphatic heterocycles. The van der Waals surface area contributed by atoms with Crippen LogP contribution >= 0.6 is 23.2 Å². The maximum Gasteiger partial charge on any atom is 0.179 e. The van der Waals surface area contributed by atoms with Crippen molar-refractivity contribution in [2.45, 2.75) is 13.8 Å². The van der Waals surface area contributed by atoms with Crippen LogP contribution in [0.5, 0.6) is 17.2 Å². The van der Waals surface area contributed by atoms with Gasteiger partial charge in [-0.15, -0.1) is 0 Å². The van der Waals surface area contributed by atoms with Gasteiger partial charge in [0.05, 0.1) is 11.6 Å². The Labute approximate surface area is 151 Å². The highest BCUT2D eigenvalue weighted by Crippen LogP contribution is 2.36. The monoisotopic (exact) mass is 368 g/mol. The van der Waals surface area contributed by atoms with E-state index in [1.54, 1.807) is 18.2 Å². The van der Waals surface area contributed by atoms with Gasteiger partial charge in [0.2, 0.25) is 0 Å². The Hall–Kier alpha value is -1.91. The van der Waals surface area contributed by atoms with Gasteiger partial charge in [0.15, 0.2) is 11.5 Å². The number of aryl methyl sites for hydroxylation is 1. The Bertz CT molecular complexity index is 716. The van der Waals surface area contributed by atoms with Crippen LogP contribution in [0.4, 0.5) is 0 Å². The molecule has 128 valence electrons. The minimum Gasteiger partial charge on any atom is -0.490 e. The summed E-state index contributed by atoms with van der Waals surface area (Å²) in [5, 5.41) is 1.02. The first-order chi connectivity index (χ1) is 11.5. The summed E-state index contributed by atoms with van der Waals surface area (Å²) in [6, 6.07) is 8.58. The topological polar surface area (TPSA) is 44.8 Å². The summed E-state index contributed by atoms with van der Waals surface area (Å²) < 4.78 is 16.8. The van der Waals surface area contributed by atoms with Gasteiger partial charge in [-0.2, -0.15) is 0 Å². The summed E-state index contributed by atoms with van der Waals surface area (Å²) in [6.07, 6.45) is 0.712. The minimum atomic E-state index is 0.280. The normalized spacial score (nSPS) is 10.3. The molecule has 0 heterocycles. The largest absolute Gasteiger partial charge is 0.490 e. The maximum atomic E-state index is 10.9. The van der Waals surface area contributed by atoms with Crippen molar-refractivity contribution < 1.29 is 19.0 Å². The summed E-state index contributed by atoms with van der Waals surface area (Å²) in [4.78, 5) is 10.9. The Balaban J connectivity index is 1.98. The van der Waals surface area contributed by atoms with Gasteiger partial charge in [-0.1, -0.05) is 23.2 Å². The van der Waals surface area contributed by atoms with E-state index in [0.717, 1.165) is 5.56 Å². The number of carbonyl (C=O) groups is 1. The molecule has 2 rings (SSSR count). The third-order valence-corrected chi connectivity index (χ3v) is 3.90. The van der Waals surface area contributed by atoms with E-state index in [0.29, 0.717) is 52.4 Å². The molecule has 0 spiro atoms. The first kappa shape index (κ1) is 18.4. The molecule has 0 aromatic heterocycles. The Kier molecular flexibility index (Phi) is 6.76. The van der Waals surface area contributed by atoms with Crippen molar-refractivity contribution in [1.82, 2.24) is 0 Å². The van der Waals surface area contributed by atoms with Gasteiger partial charge in [-0.05, 0) is 49.7 Å². The van der Waals surface area contributed by atoms with Gasteiger partial charge in [0.25, 0.3) is 0 Å². The molecular formula is C18H18Cl2O4. The van der Waals surface area contributed by atoms with E-state index >= 15 is 0 Å². The minimum absolute atomic E-state index is 0.280. The number of hydrogen-bond donors (Lipinski definition) is 0. The quantitative estimate of drug-likeness (QED) is 0.487. The fourth-order valence-electron chi connectivity index (χ4n) is 2.07. The average molecular weight is 369 g/mol. The maximum absolute atomic E-state index is 10.9. The van der Waals surface area contributed by atoms with Crippen molar-refractivity contribution in [3.05, 3.63) is 51.5 Å². The van der Waals surface area contributed by atoms with E-state index in [4.69, 9.17) is 37.4 Å². The second kappa shape index (κ2) is 8.81. The molecule has 0 saturated heterocycles. The number of carbonyl (C=O) groups excluding carboxylic acids is 1. The van der Waals surface area contributed by atoms with E-state index in [9.17, 15) is 4.79 Å². The Morgan fingerprint density at radius 3 is 2.42 bits per heavy atom. The fraction of sp³-hybridized carbons (Fsp3) is 0.278. The highest BCUT2D eigenvalue weighted by Gasteiger charge is 2.12. The molecule has 0 fully saturated rings. The number of benzene rings is 2. The molecule has 0 unspecified atom stereocenters. The summed E-state index contributed by atoms with van der Waals surface area (Å²) in [5.41, 5.74) is 1.38. The number of rotatable bonds is 8. The molecule has 0 N–H and O–H groups in total. The van der Waals surface area contributed by atoms with Gasteiger partial charge in [-0.25, -0.2) is 0 Å². The van der Waals surface area contributed by atoms with Crippen molar-refractivity contribution >= 4 is 29.5 Å². The van der Waals surface area contributed by atoms with Gasteiger partial charge < -0.3 is 14.2 Å². The predicted octanol–water partition coefficient (Wildman–Crippen LogP) is 4.97. The van der Waals surface area contributed by atoms with Crippen LogP contribution in [0.3, 0.4) is 0 Å². The SMILES string of the molecule is CCOc1cc(C=O)cc(Cl)c1OCCOc1ccc(Cl)c(C)c1. The molecule has 4 nitrogen and oxygen atoms in total. The second-order valence-corrected chi connectivity index (χ2v) is 5.80. The lowest BCUT2D eigenvalue weighted by atomic mass is 10.2. The summed E-state index contributed by atoms with van der Waals surface area (Å²) in [7, 11) is 0. The van der Waals surface area contributed by atoms with Crippen molar-refractivity contribution in [1.29, 1.82) is 0 Å². The fourth-order valence-corrected chi connectivity index (χ4v) is 2.46. The molecule has 6 heteroatoms. The highest BCUT2D eigenvalue weighted by molar-refractivity contribution is 6.32. The molecule has 0 aliphatic carbocycles. The highest BCUT2D eigenvalue weighted by atomic mass is 35.5. The second-order valence-electron chi connectivity index (χ2n) is 4.99. The van der Waals surface area contributed by atoms with Crippen molar-refractivity contribution in [3.8, 4) is 17.2 Å². The average Bonchev–Trinajstić information content (AvgIpc) is 2.56. The van der Waals surface area contributed by atoms with Crippen LogP contribution in [0.15, 0.2) is 30.3 Å². The molecule has 0 amide bonds. The van der Waals surface area contributed by atoms with Gasteiger partial charge >= 0.3 is 0 Å². The zero-order chi connectivity index (χ0) is 17.5. The van der Waals surface area contributed by atoms with E-state index in [1.165, 1.54) is 6.07 Å². The molecule has 0 atom stereocenters. The molecule has 0 bridgehead atoms. The molecule has 2 aromatic rings. The van der Waals surface area contributed by atoms with E-state index < -0.39 is 0 Å². The van der Waals surface area contributed by atoms with E-state index in [-0.39, 0.29) is 6.61 Å². The molecular weight excluding hydrogens is 351 g/mol. The third kappa shape index (κ3) is 4.79. The number of aldehydes is 1. The van der Waals surface area contributed by atoms with Gasteiger partial charge in [-0.3, -0.25) is 4.79 Å². The van der Waals surface area contributed by atoms with Crippen LogP contribution in [0.2, 0.25) is 10.0 Å². The zero-order valence-electron chi connectivity index (χ0n) is 13.5. The van der Waals surface area contributed by atoms with Crippen LogP contribution in [-0.2, 0) is 0 Å². The third-order valence-electron chi connectivity index (χ3n) is 3.20. The van der Waals surface area contributed by atoms with E-state index in [1.807, 2.05) is 19.9 Å². The lowest BCUT2D eigenvalue weighted by Crippen LogP contribution is -2.10. The van der Waals surface area contributed by atoms with Crippen LogP contribution in [0.1, 0.15) is 22.8 Å². The Morgan fingerprint density at radius 1 is 1.00 bits per heavy atom. The Morgan fingerprint density at radius 2 is 1.75 bits per heavy atom. The number of hydrogen-bond acceptors (Lipinski definition) is 4. The lowest BCUT2D eigenvalue weighted by molar-refractivity contribution is 0.112. The number of halogens is 2. The molecule has 0 aliphatic rings. The first-order valence-corrected chi connectivity index (χ1v) is 8.24. The summed E-state index contributed by atoms with van der Waals surface area (Å²) >= 11 is 12.1. The number of ether oxygens (including phenoxy) is 3. The molecule has 2 aromatic carbocycles. The molecule has 24 heavy (non-hydrogen) atoms. The van der Waals surface area contributed by atoms with Crippen LogP contribution in [-0.4, -0.2) is 26.1 Å². The summed E-state index contributed by atoms with van der Waals surface area (Å²) in [5.74, 6) is 1.56. The predicted molar refractivity (Wildman–Crippen MR) is 95.2 cm³/mol. The lowest BCUT2D eigenvalue weighted by Gasteiger charge is -2.14. The smallest absolute Gasteiger partial charge is 0.179 e. The van der Waals surface area contributed by atoms with Crippen LogP contribution in [0.25, 0.3) is 0 Å². The standard InChI is InChI=1S/C18H18Cl2O4/c1-3-22-17-10-13(11-21)9-16(20)18(17)24-7-6-23-14-4-5-15(19)12(2)8-14/h4-5,8-11H,3,6-7H2,1-2H3.